The maximum Gasteiger partial charge on any atom is 0.397 e. The second-order valence-corrected chi connectivity index (χ2v) is 16.6. The second-order valence-electron chi connectivity index (χ2n) is 15.6. The number of hydrogen-bond donors (Lipinski definition) is 7. The Hall–Kier alpha value is -0.710. The van der Waals surface area contributed by atoms with Crippen molar-refractivity contribution in [1.29, 1.82) is 0 Å². The number of aliphatic hydroxyl groups excluding tert-OH is 5. The van der Waals surface area contributed by atoms with E-state index in [0.29, 0.717) is 38.5 Å². The monoisotopic (exact) mass is 662 g/mol. The molecular weight excluding hydrogens is 608 g/mol. The van der Waals surface area contributed by atoms with E-state index < -0.39 is 81.8 Å². The molecule has 0 aromatic carbocycles. The molecule has 0 aromatic heterocycles. The summed E-state index contributed by atoms with van der Waals surface area (Å²) in [6.07, 6.45) is -1.88. The molecule has 7 N–H and O–H groups in total. The van der Waals surface area contributed by atoms with E-state index in [9.17, 15) is 43.6 Å². The summed E-state index contributed by atoms with van der Waals surface area (Å²) < 4.78 is 48.4. The van der Waals surface area contributed by atoms with E-state index in [-0.39, 0.29) is 36.7 Å². The van der Waals surface area contributed by atoms with Gasteiger partial charge in [0.05, 0.1) is 36.6 Å². The summed E-state index contributed by atoms with van der Waals surface area (Å²) in [5.41, 5.74) is -1.48. The van der Waals surface area contributed by atoms with Crippen LogP contribution in [0.2, 0.25) is 0 Å². The summed E-state index contributed by atoms with van der Waals surface area (Å²) in [6, 6.07) is 0. The summed E-state index contributed by atoms with van der Waals surface area (Å²) in [5.74, 6) is -0.635. The van der Waals surface area contributed by atoms with Crippen LogP contribution in [0.25, 0.3) is 0 Å². The molecule has 13 heteroatoms. The lowest BCUT2D eigenvalue weighted by Crippen LogP contribution is -2.66. The zero-order valence-corrected chi connectivity index (χ0v) is 27.8. The average molecular weight is 663 g/mol. The van der Waals surface area contributed by atoms with Crippen LogP contribution in [-0.2, 0) is 24.1 Å². The fourth-order valence-electron chi connectivity index (χ4n) is 10.3. The number of aliphatic hydroxyl groups is 6. The van der Waals surface area contributed by atoms with Crippen LogP contribution >= 0.6 is 0 Å². The third kappa shape index (κ3) is 6.41. The van der Waals surface area contributed by atoms with Gasteiger partial charge in [-0.1, -0.05) is 40.7 Å². The minimum atomic E-state index is -4.58. The molecule has 15 atom stereocenters. The van der Waals surface area contributed by atoms with Gasteiger partial charge in [-0.25, -0.2) is 4.18 Å². The fourth-order valence-corrected chi connectivity index (χ4v) is 11.0. The molecule has 1 heterocycles. The third-order valence-corrected chi connectivity index (χ3v) is 13.0. The number of ether oxygens (including phenoxy) is 2. The molecule has 0 bridgehead atoms. The van der Waals surface area contributed by atoms with Crippen molar-refractivity contribution in [1.82, 2.24) is 0 Å². The van der Waals surface area contributed by atoms with Gasteiger partial charge >= 0.3 is 10.4 Å². The van der Waals surface area contributed by atoms with Gasteiger partial charge < -0.3 is 40.1 Å². The normalized spacial score (nSPS) is 48.2. The van der Waals surface area contributed by atoms with Crippen molar-refractivity contribution in [3.63, 3.8) is 0 Å². The van der Waals surface area contributed by atoms with Crippen molar-refractivity contribution in [2.45, 2.75) is 141 Å². The van der Waals surface area contributed by atoms with Gasteiger partial charge in [0.25, 0.3) is 0 Å². The first kappa shape index (κ1) is 35.6. The first-order chi connectivity index (χ1) is 20.8. The Morgan fingerprint density at radius 2 is 1.69 bits per heavy atom. The molecule has 45 heavy (non-hydrogen) atoms. The zero-order valence-electron chi connectivity index (χ0n) is 27.0. The Labute approximate surface area is 266 Å². The lowest BCUT2D eigenvalue weighted by Gasteiger charge is -2.64. The molecule has 0 radical (unpaired) electrons. The largest absolute Gasteiger partial charge is 0.397 e. The highest BCUT2D eigenvalue weighted by atomic mass is 32.3. The summed E-state index contributed by atoms with van der Waals surface area (Å²) in [6.45, 7) is 9.83. The minimum Gasteiger partial charge on any atom is -0.393 e. The molecule has 0 amide bonds. The summed E-state index contributed by atoms with van der Waals surface area (Å²) in [4.78, 5) is 0. The lowest BCUT2D eigenvalue weighted by atomic mass is 9.43. The summed E-state index contributed by atoms with van der Waals surface area (Å²) in [7, 11) is -4.58. The van der Waals surface area contributed by atoms with E-state index >= 15 is 0 Å². The lowest BCUT2D eigenvalue weighted by molar-refractivity contribution is -0.280. The van der Waals surface area contributed by atoms with E-state index in [1.54, 1.807) is 0 Å². The van der Waals surface area contributed by atoms with E-state index in [4.69, 9.17) is 13.7 Å². The first-order valence-corrected chi connectivity index (χ1v) is 18.0. The molecule has 3 saturated carbocycles. The van der Waals surface area contributed by atoms with Crippen LogP contribution in [-0.4, -0.2) is 105 Å². The van der Waals surface area contributed by atoms with Crippen molar-refractivity contribution < 1.29 is 57.3 Å². The molecule has 15 unspecified atom stereocenters. The molecule has 0 spiro atoms. The molecule has 1 aliphatic heterocycles. The Morgan fingerprint density at radius 1 is 1.00 bits per heavy atom. The van der Waals surface area contributed by atoms with Crippen molar-refractivity contribution in [3.05, 3.63) is 11.6 Å². The second kappa shape index (κ2) is 12.6. The van der Waals surface area contributed by atoms with Crippen LogP contribution in [0.3, 0.4) is 0 Å². The number of fused-ring (bicyclic) bond motifs is 5. The fraction of sp³-hybridized carbons (Fsp3) is 0.938. The standard InChI is InChI=1S/C32H54O12S/c1-16(2)24(44-45(39,40)41)7-6-17(3)19-13-21(33)28-31(19,5)11-9-25-30(4)10-8-18(12-20(30)22(34)14-32(25,28)38)43-29-27(37)26(36)23(35)15-42-29/h12,16-19,21-29,33-38H,6-11,13-15H2,1-5H3,(H,39,40,41). The number of rotatable bonds is 9. The van der Waals surface area contributed by atoms with Gasteiger partial charge in [-0.05, 0) is 85.0 Å². The van der Waals surface area contributed by atoms with Crippen molar-refractivity contribution >= 4 is 10.4 Å². The van der Waals surface area contributed by atoms with Crippen LogP contribution in [0.5, 0.6) is 0 Å². The summed E-state index contributed by atoms with van der Waals surface area (Å²) in [5, 5.41) is 66.0. The molecule has 1 saturated heterocycles. The predicted octanol–water partition coefficient (Wildman–Crippen LogP) is 1.71. The van der Waals surface area contributed by atoms with Crippen molar-refractivity contribution in [3.8, 4) is 0 Å². The minimum absolute atomic E-state index is 0.0582. The van der Waals surface area contributed by atoms with Crippen molar-refractivity contribution in [2.75, 3.05) is 6.61 Å². The van der Waals surface area contributed by atoms with Gasteiger partial charge in [-0.2, -0.15) is 8.42 Å². The van der Waals surface area contributed by atoms with E-state index in [2.05, 4.69) is 20.8 Å². The van der Waals surface area contributed by atoms with Gasteiger partial charge in [0.2, 0.25) is 0 Å². The highest BCUT2D eigenvalue weighted by Gasteiger charge is 2.69. The third-order valence-electron chi connectivity index (χ3n) is 12.5. The van der Waals surface area contributed by atoms with E-state index in [0.717, 1.165) is 12.0 Å². The average Bonchev–Trinajstić information content (AvgIpc) is 3.22. The molecule has 4 aliphatic carbocycles. The first-order valence-electron chi connectivity index (χ1n) is 16.6. The Kier molecular flexibility index (Phi) is 9.99. The number of hydrogen-bond acceptors (Lipinski definition) is 11. The van der Waals surface area contributed by atoms with Gasteiger partial charge in [-0.15, -0.1) is 0 Å². The van der Waals surface area contributed by atoms with Gasteiger partial charge in [0.1, 0.15) is 18.3 Å². The molecule has 4 fully saturated rings. The molecule has 0 aromatic rings. The van der Waals surface area contributed by atoms with Gasteiger partial charge in [0, 0.05) is 12.3 Å². The van der Waals surface area contributed by atoms with E-state index in [1.165, 1.54) is 0 Å². The van der Waals surface area contributed by atoms with E-state index in [1.807, 2.05) is 19.9 Å². The van der Waals surface area contributed by atoms with Crippen LogP contribution < -0.4 is 0 Å². The zero-order chi connectivity index (χ0) is 33.3. The highest BCUT2D eigenvalue weighted by molar-refractivity contribution is 7.80. The maximum atomic E-state index is 12.6. The molecule has 5 aliphatic rings. The molecule has 260 valence electrons. The van der Waals surface area contributed by atoms with Crippen LogP contribution in [0, 0.1) is 40.4 Å². The smallest absolute Gasteiger partial charge is 0.393 e. The van der Waals surface area contributed by atoms with Gasteiger partial charge in [-0.3, -0.25) is 4.55 Å². The molecule has 12 nitrogen and oxygen atoms in total. The predicted molar refractivity (Wildman–Crippen MR) is 162 cm³/mol. The van der Waals surface area contributed by atoms with Crippen LogP contribution in [0.4, 0.5) is 0 Å². The Bertz CT molecular complexity index is 1210. The summed E-state index contributed by atoms with van der Waals surface area (Å²) >= 11 is 0. The van der Waals surface area contributed by atoms with Crippen LogP contribution in [0.1, 0.15) is 86.0 Å². The van der Waals surface area contributed by atoms with Crippen LogP contribution in [0.15, 0.2) is 11.6 Å². The highest BCUT2D eigenvalue weighted by Crippen LogP contribution is 2.69. The topological polar surface area (TPSA) is 203 Å². The van der Waals surface area contributed by atoms with Gasteiger partial charge in [0.15, 0.2) is 6.29 Å². The SMILES string of the molecule is CC(C)C(CCC(C)C1CC(O)C2C1(C)CCC1C3(C)CCC(OC4OCC(O)C(O)C4O)C=C3C(O)CC12O)OS(=O)(=O)O. The Balaban J connectivity index is 1.33. The maximum absolute atomic E-state index is 12.6. The Morgan fingerprint density at radius 3 is 2.33 bits per heavy atom. The van der Waals surface area contributed by atoms with Crippen molar-refractivity contribution in [2.24, 2.45) is 40.4 Å². The molecule has 5 rings (SSSR count). The molecular formula is C32H54O12S. The quantitative estimate of drug-likeness (QED) is 0.139.